The van der Waals surface area contributed by atoms with E-state index in [0.29, 0.717) is 22.0 Å². The number of rotatable bonds is 3. The topological polar surface area (TPSA) is 34.1 Å². The van der Waals surface area contributed by atoms with E-state index < -0.39 is 0 Å². The Morgan fingerprint density at radius 3 is 2.82 bits per heavy atom. The highest BCUT2D eigenvalue weighted by atomic mass is 35.5. The van der Waals surface area contributed by atoms with Gasteiger partial charge in [0.15, 0.2) is 0 Å². The molecule has 1 heterocycles. The van der Waals surface area contributed by atoms with Crippen molar-refractivity contribution < 1.29 is 4.74 Å². The Morgan fingerprint density at radius 2 is 2.12 bits per heavy atom. The predicted molar refractivity (Wildman–Crippen MR) is 70.0 cm³/mol. The van der Waals surface area contributed by atoms with Crippen LogP contribution in [0.15, 0.2) is 12.3 Å². The van der Waals surface area contributed by atoms with Crippen molar-refractivity contribution in [3.8, 4) is 5.88 Å². The van der Waals surface area contributed by atoms with E-state index in [1.54, 1.807) is 12.3 Å². The molecule has 5 heteroatoms. The minimum absolute atomic E-state index is 0.139. The Labute approximate surface area is 111 Å². The average molecular weight is 275 g/mol. The van der Waals surface area contributed by atoms with E-state index >= 15 is 0 Å². The molecular formula is C12H16Cl2N2O. The summed E-state index contributed by atoms with van der Waals surface area (Å²) in [6.07, 6.45) is 6.29. The Hall–Kier alpha value is -0.510. The Bertz CT molecular complexity index is 387. The fourth-order valence-corrected chi connectivity index (χ4v) is 2.62. The van der Waals surface area contributed by atoms with Crippen LogP contribution >= 0.6 is 23.2 Å². The number of hydrogen-bond donors (Lipinski definition) is 1. The van der Waals surface area contributed by atoms with Gasteiger partial charge in [0.2, 0.25) is 5.88 Å². The second kappa shape index (κ2) is 5.89. The van der Waals surface area contributed by atoms with Gasteiger partial charge < -0.3 is 10.1 Å². The molecule has 1 aromatic heterocycles. The first kappa shape index (κ1) is 12.9. The van der Waals surface area contributed by atoms with Crippen LogP contribution in [0.1, 0.15) is 25.7 Å². The van der Waals surface area contributed by atoms with Crippen molar-refractivity contribution in [2.24, 2.45) is 0 Å². The van der Waals surface area contributed by atoms with Crippen molar-refractivity contribution in [3.05, 3.63) is 22.3 Å². The SMILES string of the molecule is CNC1CCCCC1Oc1ncc(Cl)cc1Cl. The zero-order chi connectivity index (χ0) is 12.3. The minimum atomic E-state index is 0.139. The van der Waals surface area contributed by atoms with Gasteiger partial charge in [-0.2, -0.15) is 0 Å². The molecule has 0 aromatic carbocycles. The highest BCUT2D eigenvalue weighted by molar-refractivity contribution is 6.35. The smallest absolute Gasteiger partial charge is 0.232 e. The number of halogens is 2. The first-order valence-corrected chi connectivity index (χ1v) is 6.61. The highest BCUT2D eigenvalue weighted by Gasteiger charge is 2.26. The molecule has 94 valence electrons. The van der Waals surface area contributed by atoms with Crippen LogP contribution in [0, 0.1) is 0 Å². The first-order valence-electron chi connectivity index (χ1n) is 5.85. The van der Waals surface area contributed by atoms with Gasteiger partial charge in [0, 0.05) is 12.2 Å². The maximum absolute atomic E-state index is 6.05. The number of pyridine rings is 1. The Balaban J connectivity index is 2.08. The van der Waals surface area contributed by atoms with Gasteiger partial charge in [-0.1, -0.05) is 29.6 Å². The van der Waals surface area contributed by atoms with E-state index in [4.69, 9.17) is 27.9 Å². The molecule has 0 saturated heterocycles. The van der Waals surface area contributed by atoms with Gasteiger partial charge in [0.1, 0.15) is 11.1 Å². The van der Waals surface area contributed by atoms with Gasteiger partial charge in [-0.25, -0.2) is 4.98 Å². The van der Waals surface area contributed by atoms with Crippen molar-refractivity contribution in [1.29, 1.82) is 0 Å². The average Bonchev–Trinajstić information content (AvgIpc) is 2.33. The number of hydrogen-bond acceptors (Lipinski definition) is 3. The summed E-state index contributed by atoms with van der Waals surface area (Å²) in [6, 6.07) is 2.03. The van der Waals surface area contributed by atoms with Crippen molar-refractivity contribution >= 4 is 23.2 Å². The van der Waals surface area contributed by atoms with Crippen LogP contribution in [0.2, 0.25) is 10.0 Å². The number of likely N-dealkylation sites (N-methyl/N-ethyl adjacent to an activating group) is 1. The molecule has 0 amide bonds. The summed E-state index contributed by atoms with van der Waals surface area (Å²) in [7, 11) is 1.96. The molecule has 2 unspecified atom stereocenters. The minimum Gasteiger partial charge on any atom is -0.472 e. The third kappa shape index (κ3) is 3.24. The van der Waals surface area contributed by atoms with Crippen LogP contribution in [0.5, 0.6) is 5.88 Å². The van der Waals surface area contributed by atoms with Gasteiger partial charge >= 0.3 is 0 Å². The summed E-state index contributed by atoms with van der Waals surface area (Å²) >= 11 is 11.8. The van der Waals surface area contributed by atoms with Crippen LogP contribution in [0.3, 0.4) is 0 Å². The van der Waals surface area contributed by atoms with Crippen LogP contribution in [-0.2, 0) is 0 Å². The molecule has 1 fully saturated rings. The molecule has 1 aromatic rings. The van der Waals surface area contributed by atoms with Gasteiger partial charge in [0.05, 0.1) is 5.02 Å². The molecule has 2 rings (SSSR count). The number of nitrogens with one attached hydrogen (secondary N) is 1. The number of ether oxygens (including phenoxy) is 1. The summed E-state index contributed by atoms with van der Waals surface area (Å²) in [5.41, 5.74) is 0. The fraction of sp³-hybridized carbons (Fsp3) is 0.583. The quantitative estimate of drug-likeness (QED) is 0.919. The molecule has 1 aliphatic carbocycles. The molecule has 0 radical (unpaired) electrons. The van der Waals surface area contributed by atoms with Crippen LogP contribution < -0.4 is 10.1 Å². The molecule has 2 atom stereocenters. The summed E-state index contributed by atoms with van der Waals surface area (Å²) in [4.78, 5) is 4.13. The van der Waals surface area contributed by atoms with E-state index in [-0.39, 0.29) is 6.10 Å². The van der Waals surface area contributed by atoms with Crippen molar-refractivity contribution in [2.45, 2.75) is 37.8 Å². The molecular weight excluding hydrogens is 259 g/mol. The number of aromatic nitrogens is 1. The molecule has 0 aliphatic heterocycles. The lowest BCUT2D eigenvalue weighted by molar-refractivity contribution is 0.113. The lowest BCUT2D eigenvalue weighted by atomic mass is 9.92. The maximum atomic E-state index is 6.05. The van der Waals surface area contributed by atoms with E-state index in [0.717, 1.165) is 12.8 Å². The molecule has 1 saturated carbocycles. The summed E-state index contributed by atoms with van der Waals surface area (Å²) in [5.74, 6) is 0.475. The molecule has 1 aliphatic rings. The maximum Gasteiger partial charge on any atom is 0.232 e. The van der Waals surface area contributed by atoms with Crippen LogP contribution in [0.4, 0.5) is 0 Å². The number of nitrogens with zero attached hydrogens (tertiary/aromatic N) is 1. The predicted octanol–water partition coefficient (Wildman–Crippen LogP) is 3.30. The zero-order valence-corrected chi connectivity index (χ0v) is 11.3. The molecule has 0 bridgehead atoms. The van der Waals surface area contributed by atoms with E-state index in [1.165, 1.54) is 12.8 Å². The monoisotopic (exact) mass is 274 g/mol. The van der Waals surface area contributed by atoms with Crippen LogP contribution in [0.25, 0.3) is 0 Å². The molecule has 1 N–H and O–H groups in total. The van der Waals surface area contributed by atoms with Gasteiger partial charge in [-0.05, 0) is 32.4 Å². The molecule has 0 spiro atoms. The zero-order valence-electron chi connectivity index (χ0n) is 9.75. The van der Waals surface area contributed by atoms with Gasteiger partial charge in [-0.15, -0.1) is 0 Å². The summed E-state index contributed by atoms with van der Waals surface area (Å²) in [6.45, 7) is 0. The first-order chi connectivity index (χ1) is 8.20. The molecule has 3 nitrogen and oxygen atoms in total. The summed E-state index contributed by atoms with van der Waals surface area (Å²) < 4.78 is 5.88. The highest BCUT2D eigenvalue weighted by Crippen LogP contribution is 2.29. The normalized spacial score (nSPS) is 24.6. The lowest BCUT2D eigenvalue weighted by Gasteiger charge is -2.31. The second-order valence-corrected chi connectivity index (χ2v) is 5.12. The van der Waals surface area contributed by atoms with Crippen molar-refractivity contribution in [2.75, 3.05) is 7.05 Å². The van der Waals surface area contributed by atoms with E-state index in [1.807, 2.05) is 7.05 Å². The van der Waals surface area contributed by atoms with E-state index in [2.05, 4.69) is 10.3 Å². The second-order valence-electron chi connectivity index (χ2n) is 4.28. The Kier molecular flexibility index (Phi) is 4.48. The van der Waals surface area contributed by atoms with Crippen molar-refractivity contribution in [1.82, 2.24) is 10.3 Å². The largest absolute Gasteiger partial charge is 0.472 e. The van der Waals surface area contributed by atoms with Gasteiger partial charge in [-0.3, -0.25) is 0 Å². The van der Waals surface area contributed by atoms with Gasteiger partial charge in [0.25, 0.3) is 0 Å². The lowest BCUT2D eigenvalue weighted by Crippen LogP contribution is -2.43. The standard InChI is InChI=1S/C12H16Cl2N2O/c1-15-10-4-2-3-5-11(10)17-12-9(14)6-8(13)7-16-12/h6-7,10-11,15H,2-5H2,1H3. The Morgan fingerprint density at radius 1 is 1.35 bits per heavy atom. The third-order valence-corrected chi connectivity index (χ3v) is 3.59. The van der Waals surface area contributed by atoms with E-state index in [9.17, 15) is 0 Å². The van der Waals surface area contributed by atoms with Crippen LogP contribution in [-0.4, -0.2) is 24.2 Å². The molecule has 17 heavy (non-hydrogen) atoms. The fourth-order valence-electron chi connectivity index (χ4n) is 2.20. The third-order valence-electron chi connectivity index (χ3n) is 3.11. The van der Waals surface area contributed by atoms with Crippen molar-refractivity contribution in [3.63, 3.8) is 0 Å². The summed E-state index contributed by atoms with van der Waals surface area (Å²) in [5, 5.41) is 4.28.